The van der Waals surface area contributed by atoms with Gasteiger partial charge in [-0.1, -0.05) is 33.6 Å². The van der Waals surface area contributed by atoms with E-state index < -0.39 is 18.6 Å². The summed E-state index contributed by atoms with van der Waals surface area (Å²) >= 11 is 0. The van der Waals surface area contributed by atoms with Crippen LogP contribution in [0.2, 0.25) is 0 Å². The highest BCUT2D eigenvalue weighted by Gasteiger charge is 2.31. The summed E-state index contributed by atoms with van der Waals surface area (Å²) in [6.07, 6.45) is -2.28. The van der Waals surface area contributed by atoms with Crippen LogP contribution in [0.4, 0.5) is 13.2 Å². The predicted octanol–water partition coefficient (Wildman–Crippen LogP) is 3.74. The smallest absolute Gasteiger partial charge is 0.314 e. The number of halogens is 3. The molecule has 0 aliphatic carbocycles. The fourth-order valence-corrected chi connectivity index (χ4v) is 1.62. The molecule has 1 N–H and O–H groups in total. The molecule has 1 unspecified atom stereocenters. The van der Waals surface area contributed by atoms with Crippen LogP contribution in [-0.4, -0.2) is 18.8 Å². The van der Waals surface area contributed by atoms with Gasteiger partial charge in [-0.15, -0.1) is 0 Å². The normalized spacial score (nSPS) is 14.6. The average Bonchev–Trinajstić information content (AvgIpc) is 2.00. The minimum Gasteiger partial charge on any atom is -0.314 e. The predicted molar refractivity (Wildman–Crippen MR) is 56.8 cm³/mol. The van der Waals surface area contributed by atoms with Gasteiger partial charge in [0.15, 0.2) is 0 Å². The molecule has 0 fully saturated rings. The Bertz CT molecular complexity index is 154. The lowest BCUT2D eigenvalue weighted by Crippen LogP contribution is -2.33. The van der Waals surface area contributed by atoms with Crippen molar-refractivity contribution in [1.82, 2.24) is 5.32 Å². The maximum Gasteiger partial charge on any atom is 0.390 e. The fourth-order valence-electron chi connectivity index (χ4n) is 1.62. The average molecular weight is 225 g/mol. The third-order valence-corrected chi connectivity index (χ3v) is 2.30. The lowest BCUT2D eigenvalue weighted by molar-refractivity contribution is -0.140. The van der Waals surface area contributed by atoms with Gasteiger partial charge in [0.25, 0.3) is 0 Å². The molecule has 0 aliphatic heterocycles. The first kappa shape index (κ1) is 14.8. The van der Waals surface area contributed by atoms with Crippen LogP contribution < -0.4 is 5.32 Å². The van der Waals surface area contributed by atoms with E-state index in [-0.39, 0.29) is 0 Å². The van der Waals surface area contributed by atoms with Crippen LogP contribution >= 0.6 is 0 Å². The summed E-state index contributed by atoms with van der Waals surface area (Å²) in [4.78, 5) is 0. The van der Waals surface area contributed by atoms with E-state index in [4.69, 9.17) is 0 Å². The molecule has 0 spiro atoms. The molecule has 92 valence electrons. The van der Waals surface area contributed by atoms with Crippen LogP contribution in [0.15, 0.2) is 0 Å². The molecular weight excluding hydrogens is 203 g/mol. The van der Waals surface area contributed by atoms with Gasteiger partial charge in [-0.3, -0.25) is 0 Å². The first-order valence-electron chi connectivity index (χ1n) is 5.65. The lowest BCUT2D eigenvalue weighted by Gasteiger charge is -2.19. The van der Waals surface area contributed by atoms with E-state index in [2.05, 4.69) is 19.2 Å². The lowest BCUT2D eigenvalue weighted by atomic mass is 10.0. The number of nitrogens with one attached hydrogen (secondary N) is 1. The maximum absolute atomic E-state index is 12.2. The summed E-state index contributed by atoms with van der Waals surface area (Å²) < 4.78 is 36.5. The first-order chi connectivity index (χ1) is 6.85. The highest BCUT2D eigenvalue weighted by molar-refractivity contribution is 4.70. The van der Waals surface area contributed by atoms with Crippen molar-refractivity contribution < 1.29 is 13.2 Å². The van der Waals surface area contributed by atoms with E-state index in [0.29, 0.717) is 18.9 Å². The van der Waals surface area contributed by atoms with Gasteiger partial charge in [0.05, 0.1) is 6.42 Å². The second-order valence-corrected chi connectivity index (χ2v) is 4.40. The molecular formula is C11H22F3N. The van der Waals surface area contributed by atoms with Gasteiger partial charge in [0, 0.05) is 6.04 Å². The highest BCUT2D eigenvalue weighted by Crippen LogP contribution is 2.24. The molecule has 0 rings (SSSR count). The Morgan fingerprint density at radius 1 is 1.13 bits per heavy atom. The Labute approximate surface area is 90.4 Å². The molecule has 0 aromatic heterocycles. The Morgan fingerprint density at radius 2 is 1.73 bits per heavy atom. The fraction of sp³-hybridized carbons (Fsp3) is 1.00. The summed E-state index contributed by atoms with van der Waals surface area (Å²) in [5.41, 5.74) is 0. The van der Waals surface area contributed by atoms with Gasteiger partial charge in [-0.05, 0) is 18.9 Å². The SMILES string of the molecule is CCNC(CCCC(C)C)CC(F)(F)F. The molecule has 0 aliphatic rings. The van der Waals surface area contributed by atoms with E-state index in [1.54, 1.807) is 0 Å². The van der Waals surface area contributed by atoms with Crippen molar-refractivity contribution in [2.75, 3.05) is 6.54 Å². The zero-order valence-corrected chi connectivity index (χ0v) is 9.82. The molecule has 1 atom stereocenters. The van der Waals surface area contributed by atoms with Gasteiger partial charge < -0.3 is 5.32 Å². The molecule has 1 nitrogen and oxygen atoms in total. The van der Waals surface area contributed by atoms with Crippen molar-refractivity contribution >= 4 is 0 Å². The van der Waals surface area contributed by atoms with E-state index in [9.17, 15) is 13.2 Å². The summed E-state index contributed by atoms with van der Waals surface area (Å²) in [6, 6.07) is -0.409. The van der Waals surface area contributed by atoms with Crippen LogP contribution in [0.5, 0.6) is 0 Å². The summed E-state index contributed by atoms with van der Waals surface area (Å²) in [7, 11) is 0. The molecule has 4 heteroatoms. The number of hydrogen-bond donors (Lipinski definition) is 1. The second kappa shape index (κ2) is 7.09. The molecule has 0 amide bonds. The number of hydrogen-bond acceptors (Lipinski definition) is 1. The Balaban J connectivity index is 3.83. The van der Waals surface area contributed by atoms with Crippen LogP contribution in [0.25, 0.3) is 0 Å². The molecule has 0 aromatic carbocycles. The van der Waals surface area contributed by atoms with Crippen LogP contribution in [0, 0.1) is 5.92 Å². The monoisotopic (exact) mass is 225 g/mol. The largest absolute Gasteiger partial charge is 0.390 e. The third-order valence-electron chi connectivity index (χ3n) is 2.30. The summed E-state index contributed by atoms with van der Waals surface area (Å²) in [5, 5.41) is 2.89. The molecule has 0 aromatic rings. The molecule has 0 heterocycles. The molecule has 0 saturated heterocycles. The molecule has 0 saturated carbocycles. The first-order valence-corrected chi connectivity index (χ1v) is 5.65. The Hall–Kier alpha value is -0.250. The van der Waals surface area contributed by atoms with Crippen LogP contribution in [0.3, 0.4) is 0 Å². The van der Waals surface area contributed by atoms with Crippen molar-refractivity contribution in [2.24, 2.45) is 5.92 Å². The minimum atomic E-state index is -4.05. The van der Waals surface area contributed by atoms with Crippen LogP contribution in [0.1, 0.15) is 46.5 Å². The van der Waals surface area contributed by atoms with Gasteiger partial charge in [0.1, 0.15) is 0 Å². The quantitative estimate of drug-likeness (QED) is 0.696. The summed E-state index contributed by atoms with van der Waals surface area (Å²) in [5.74, 6) is 0.568. The van der Waals surface area contributed by atoms with Crippen molar-refractivity contribution in [3.8, 4) is 0 Å². The standard InChI is InChI=1S/C11H22F3N/c1-4-15-10(8-11(12,13)14)7-5-6-9(2)3/h9-10,15H,4-8H2,1-3H3. The Morgan fingerprint density at radius 3 is 2.13 bits per heavy atom. The molecule has 15 heavy (non-hydrogen) atoms. The van der Waals surface area contributed by atoms with E-state index in [0.717, 1.165) is 12.8 Å². The molecule has 0 bridgehead atoms. The van der Waals surface area contributed by atoms with Gasteiger partial charge in [-0.25, -0.2) is 0 Å². The van der Waals surface area contributed by atoms with Gasteiger partial charge >= 0.3 is 6.18 Å². The highest BCUT2D eigenvalue weighted by atomic mass is 19.4. The van der Waals surface area contributed by atoms with Crippen molar-refractivity contribution in [2.45, 2.75) is 58.7 Å². The van der Waals surface area contributed by atoms with Crippen molar-refractivity contribution in [3.05, 3.63) is 0 Å². The zero-order chi connectivity index (χ0) is 11.9. The third kappa shape index (κ3) is 10.0. The maximum atomic E-state index is 12.2. The minimum absolute atomic E-state index is 0.409. The topological polar surface area (TPSA) is 12.0 Å². The van der Waals surface area contributed by atoms with E-state index >= 15 is 0 Å². The van der Waals surface area contributed by atoms with E-state index in [1.807, 2.05) is 6.92 Å². The van der Waals surface area contributed by atoms with Crippen molar-refractivity contribution in [1.29, 1.82) is 0 Å². The second-order valence-electron chi connectivity index (χ2n) is 4.40. The van der Waals surface area contributed by atoms with Gasteiger partial charge in [0.2, 0.25) is 0 Å². The van der Waals surface area contributed by atoms with Crippen molar-refractivity contribution in [3.63, 3.8) is 0 Å². The summed E-state index contributed by atoms with van der Waals surface area (Å²) in [6.45, 7) is 6.62. The Kier molecular flexibility index (Phi) is 6.98. The molecule has 0 radical (unpaired) electrons. The number of rotatable bonds is 7. The zero-order valence-electron chi connectivity index (χ0n) is 9.82. The van der Waals surface area contributed by atoms with Crippen LogP contribution in [-0.2, 0) is 0 Å². The van der Waals surface area contributed by atoms with E-state index in [1.165, 1.54) is 0 Å². The van der Waals surface area contributed by atoms with Gasteiger partial charge in [-0.2, -0.15) is 13.2 Å². The number of alkyl halides is 3.